The number of rotatable bonds is 7. The molecule has 1 aliphatic heterocycles. The molecule has 1 aliphatic rings. The molecule has 1 atom stereocenters. The highest BCUT2D eigenvalue weighted by molar-refractivity contribution is 7.99. The van der Waals surface area contributed by atoms with Gasteiger partial charge in [-0.05, 0) is 62.9 Å². The molecule has 0 aliphatic carbocycles. The van der Waals surface area contributed by atoms with Crippen LogP contribution >= 0.6 is 23.1 Å². The number of hydrogen-bond acceptors (Lipinski definition) is 5. The molecule has 4 rings (SSSR count). The maximum Gasteiger partial charge on any atom is 0.229 e. The highest BCUT2D eigenvalue weighted by Gasteiger charge is 2.26. The Kier molecular flexibility index (Phi) is 6.76. The molecule has 1 unspecified atom stereocenters. The molecule has 6 heteroatoms. The van der Waals surface area contributed by atoms with E-state index in [0.29, 0.717) is 13.0 Å². The molecule has 0 spiro atoms. The number of thioether (sulfide) groups is 1. The molecule has 3 aromatic rings. The second kappa shape index (κ2) is 9.50. The van der Waals surface area contributed by atoms with Crippen LogP contribution in [0.4, 0.5) is 5.13 Å². The zero-order chi connectivity index (χ0) is 21.1. The van der Waals surface area contributed by atoms with Crippen molar-refractivity contribution in [1.82, 2.24) is 4.98 Å². The minimum atomic E-state index is 0.105. The number of aromatic nitrogens is 1. The smallest absolute Gasteiger partial charge is 0.229 e. The van der Waals surface area contributed by atoms with Gasteiger partial charge >= 0.3 is 0 Å². The van der Waals surface area contributed by atoms with Crippen molar-refractivity contribution in [3.05, 3.63) is 53.1 Å². The second-order valence-corrected chi connectivity index (χ2v) is 10.1. The lowest BCUT2D eigenvalue weighted by atomic mass is 10.1. The van der Waals surface area contributed by atoms with E-state index in [9.17, 15) is 4.79 Å². The Balaban J connectivity index is 1.50. The molecule has 1 saturated heterocycles. The van der Waals surface area contributed by atoms with E-state index < -0.39 is 0 Å². The third-order valence-electron chi connectivity index (χ3n) is 5.36. The van der Waals surface area contributed by atoms with E-state index in [1.165, 1.54) is 21.6 Å². The summed E-state index contributed by atoms with van der Waals surface area (Å²) in [5.41, 5.74) is 4.64. The SMILES string of the molecule is Cc1ccc(SCCC(=O)N(CC2CCCO2)c2nc3cc(C)cc(C)c3s2)cc1. The first-order valence-electron chi connectivity index (χ1n) is 10.5. The van der Waals surface area contributed by atoms with Crippen LogP contribution in [-0.4, -0.2) is 35.9 Å². The van der Waals surface area contributed by atoms with E-state index in [2.05, 4.69) is 57.2 Å². The van der Waals surface area contributed by atoms with E-state index >= 15 is 0 Å². The second-order valence-electron chi connectivity index (χ2n) is 7.98. The van der Waals surface area contributed by atoms with Gasteiger partial charge < -0.3 is 4.74 Å². The molecule has 0 saturated carbocycles. The predicted molar refractivity (Wildman–Crippen MR) is 127 cm³/mol. The van der Waals surface area contributed by atoms with Gasteiger partial charge in [-0.25, -0.2) is 4.98 Å². The van der Waals surface area contributed by atoms with Gasteiger partial charge in [-0.3, -0.25) is 9.69 Å². The maximum absolute atomic E-state index is 13.2. The minimum Gasteiger partial charge on any atom is -0.376 e. The number of aryl methyl sites for hydroxylation is 3. The van der Waals surface area contributed by atoms with E-state index in [1.54, 1.807) is 23.1 Å². The number of anilines is 1. The molecule has 0 N–H and O–H groups in total. The largest absolute Gasteiger partial charge is 0.376 e. The van der Waals surface area contributed by atoms with Gasteiger partial charge in [-0.1, -0.05) is 35.1 Å². The summed E-state index contributed by atoms with van der Waals surface area (Å²) >= 11 is 3.34. The van der Waals surface area contributed by atoms with Crippen LogP contribution < -0.4 is 4.90 Å². The Labute approximate surface area is 186 Å². The summed E-state index contributed by atoms with van der Waals surface area (Å²) in [5.74, 6) is 0.881. The van der Waals surface area contributed by atoms with Gasteiger partial charge in [0.25, 0.3) is 0 Å². The lowest BCUT2D eigenvalue weighted by Gasteiger charge is -2.23. The van der Waals surface area contributed by atoms with Crippen LogP contribution in [0.2, 0.25) is 0 Å². The Morgan fingerprint density at radius 3 is 2.73 bits per heavy atom. The van der Waals surface area contributed by atoms with E-state index in [4.69, 9.17) is 9.72 Å². The van der Waals surface area contributed by atoms with Crippen molar-refractivity contribution in [1.29, 1.82) is 0 Å². The zero-order valence-corrected chi connectivity index (χ0v) is 19.4. The van der Waals surface area contributed by atoms with Gasteiger partial charge in [0.05, 0.1) is 22.9 Å². The molecule has 1 aromatic heterocycles. The molecule has 2 aromatic carbocycles. The number of amides is 1. The molecule has 1 amide bonds. The molecular weight excluding hydrogens is 412 g/mol. The van der Waals surface area contributed by atoms with Gasteiger partial charge in [0.15, 0.2) is 5.13 Å². The first kappa shape index (κ1) is 21.3. The van der Waals surface area contributed by atoms with Crippen LogP contribution in [0.3, 0.4) is 0 Å². The highest BCUT2D eigenvalue weighted by atomic mass is 32.2. The number of carbonyl (C=O) groups excluding carboxylic acids is 1. The van der Waals surface area contributed by atoms with E-state index in [1.807, 2.05) is 4.90 Å². The quantitative estimate of drug-likeness (QED) is 0.428. The number of nitrogens with zero attached hydrogens (tertiary/aromatic N) is 2. The third-order valence-corrected chi connectivity index (χ3v) is 7.60. The average Bonchev–Trinajstić information content (AvgIpc) is 3.37. The fourth-order valence-corrected chi connectivity index (χ4v) is 5.67. The van der Waals surface area contributed by atoms with Crippen molar-refractivity contribution in [2.24, 2.45) is 0 Å². The Morgan fingerprint density at radius 1 is 1.20 bits per heavy atom. The van der Waals surface area contributed by atoms with Crippen LogP contribution in [0.1, 0.15) is 36.0 Å². The van der Waals surface area contributed by atoms with Crippen molar-refractivity contribution in [2.75, 3.05) is 23.8 Å². The Hall–Kier alpha value is -1.89. The molecule has 30 heavy (non-hydrogen) atoms. The lowest BCUT2D eigenvalue weighted by Crippen LogP contribution is -2.37. The highest BCUT2D eigenvalue weighted by Crippen LogP contribution is 2.33. The summed E-state index contributed by atoms with van der Waals surface area (Å²) < 4.78 is 7.00. The predicted octanol–water partition coefficient (Wildman–Crippen LogP) is 5.92. The molecule has 4 nitrogen and oxygen atoms in total. The van der Waals surface area contributed by atoms with Gasteiger partial charge in [-0.2, -0.15) is 0 Å². The number of thiazole rings is 1. The zero-order valence-electron chi connectivity index (χ0n) is 17.8. The summed E-state index contributed by atoms with van der Waals surface area (Å²) in [7, 11) is 0. The topological polar surface area (TPSA) is 42.4 Å². The van der Waals surface area contributed by atoms with Crippen molar-refractivity contribution in [3.63, 3.8) is 0 Å². The standard InChI is InChI=1S/C24H28N2O2S2/c1-16-6-8-20(9-7-16)29-12-10-22(27)26(15-19-5-4-11-28-19)24-25-21-14-17(2)13-18(3)23(21)30-24/h6-9,13-14,19H,4-5,10-12,15H2,1-3H3. The Bertz CT molecular complexity index is 1020. The summed E-state index contributed by atoms with van der Waals surface area (Å²) in [6.45, 7) is 7.66. The van der Waals surface area contributed by atoms with Gasteiger partial charge in [0.2, 0.25) is 5.91 Å². The number of benzene rings is 2. The van der Waals surface area contributed by atoms with Crippen molar-refractivity contribution >= 4 is 44.4 Å². The summed E-state index contributed by atoms with van der Waals surface area (Å²) in [6.07, 6.45) is 2.66. The minimum absolute atomic E-state index is 0.105. The molecule has 1 fully saturated rings. The normalized spacial score (nSPS) is 16.3. The van der Waals surface area contributed by atoms with Gasteiger partial charge in [0, 0.05) is 23.7 Å². The fourth-order valence-electron chi connectivity index (χ4n) is 3.78. The van der Waals surface area contributed by atoms with Crippen LogP contribution in [0.25, 0.3) is 10.2 Å². The molecular formula is C24H28N2O2S2. The first-order valence-corrected chi connectivity index (χ1v) is 12.3. The van der Waals surface area contributed by atoms with Gasteiger partial charge in [-0.15, -0.1) is 11.8 Å². The Morgan fingerprint density at radius 2 is 2.00 bits per heavy atom. The van der Waals surface area contributed by atoms with Crippen LogP contribution in [0.15, 0.2) is 41.3 Å². The summed E-state index contributed by atoms with van der Waals surface area (Å²) in [4.78, 5) is 21.1. The number of carbonyl (C=O) groups is 1. The average molecular weight is 441 g/mol. The van der Waals surface area contributed by atoms with Crippen molar-refractivity contribution < 1.29 is 9.53 Å². The number of ether oxygens (including phenoxy) is 1. The van der Waals surface area contributed by atoms with E-state index in [-0.39, 0.29) is 12.0 Å². The fraction of sp³-hybridized carbons (Fsp3) is 0.417. The summed E-state index contributed by atoms with van der Waals surface area (Å²) in [6, 6.07) is 12.7. The monoisotopic (exact) mass is 440 g/mol. The van der Waals surface area contributed by atoms with Gasteiger partial charge in [0.1, 0.15) is 0 Å². The van der Waals surface area contributed by atoms with Crippen molar-refractivity contribution in [3.8, 4) is 0 Å². The molecule has 0 bridgehead atoms. The van der Waals surface area contributed by atoms with Crippen LogP contribution in [0.5, 0.6) is 0 Å². The summed E-state index contributed by atoms with van der Waals surface area (Å²) in [5, 5.41) is 0.791. The maximum atomic E-state index is 13.2. The van der Waals surface area contributed by atoms with Crippen molar-refractivity contribution in [2.45, 2.75) is 51.0 Å². The molecule has 0 radical (unpaired) electrons. The van der Waals surface area contributed by atoms with Crippen LogP contribution in [0, 0.1) is 20.8 Å². The first-order chi connectivity index (χ1) is 14.5. The number of hydrogen-bond donors (Lipinski definition) is 0. The number of fused-ring (bicyclic) bond motifs is 1. The lowest BCUT2D eigenvalue weighted by molar-refractivity contribution is -0.118. The molecule has 2 heterocycles. The van der Waals surface area contributed by atoms with E-state index in [0.717, 1.165) is 40.5 Å². The van der Waals surface area contributed by atoms with Crippen LogP contribution in [-0.2, 0) is 9.53 Å². The third kappa shape index (κ3) is 5.05. The molecule has 158 valence electrons.